The number of ether oxygens (including phenoxy) is 2. The third-order valence-electron chi connectivity index (χ3n) is 4.37. The van der Waals surface area contributed by atoms with Crippen LogP contribution in [-0.4, -0.2) is 26.3 Å². The van der Waals surface area contributed by atoms with E-state index in [0.717, 1.165) is 53.9 Å². The molecule has 0 saturated heterocycles. The van der Waals surface area contributed by atoms with E-state index in [2.05, 4.69) is 37.4 Å². The maximum atomic E-state index is 6.00. The summed E-state index contributed by atoms with van der Waals surface area (Å²) in [7, 11) is 0. The molecule has 0 aliphatic carbocycles. The molecule has 0 spiro atoms. The van der Waals surface area contributed by atoms with Gasteiger partial charge in [-0.15, -0.1) is 38.0 Å². The van der Waals surface area contributed by atoms with Crippen LogP contribution in [0.1, 0.15) is 24.0 Å². The van der Waals surface area contributed by atoms with E-state index in [1.165, 1.54) is 5.56 Å². The highest BCUT2D eigenvalue weighted by molar-refractivity contribution is 5.85. The van der Waals surface area contributed by atoms with Crippen LogP contribution in [0.4, 0.5) is 0 Å². The Kier molecular flexibility index (Phi) is 14.8. The molecular weight excluding hydrogens is 419 g/mol. The lowest BCUT2D eigenvalue weighted by Crippen LogP contribution is -2.07. The lowest BCUT2D eigenvalue weighted by atomic mass is 9.97. The summed E-state index contributed by atoms with van der Waals surface area (Å²) in [6, 6.07) is 12.5. The average Bonchev–Trinajstić information content (AvgIpc) is 2.71. The lowest BCUT2D eigenvalue weighted by Gasteiger charge is -2.16. The first-order valence-electron chi connectivity index (χ1n) is 9.87. The number of halogens is 2. The zero-order valence-electron chi connectivity index (χ0n) is 17.5. The van der Waals surface area contributed by atoms with E-state index in [4.69, 9.17) is 20.9 Å². The molecule has 6 heteroatoms. The van der Waals surface area contributed by atoms with Crippen LogP contribution >= 0.6 is 24.8 Å². The Morgan fingerprint density at radius 3 is 1.97 bits per heavy atom. The van der Waals surface area contributed by atoms with Crippen molar-refractivity contribution in [2.75, 3.05) is 26.3 Å². The van der Waals surface area contributed by atoms with Gasteiger partial charge in [0.1, 0.15) is 11.5 Å². The Labute approximate surface area is 193 Å². The number of hydrogen-bond donors (Lipinski definition) is 2. The SMILES string of the molecule is C=CCc1ccc(OCCCN)c(-c2ccc(OCCCN)c(CC=C)c2)c1.Cl.Cl. The first-order chi connectivity index (χ1) is 13.7. The highest BCUT2D eigenvalue weighted by Crippen LogP contribution is 2.34. The zero-order valence-corrected chi connectivity index (χ0v) is 19.1. The molecule has 2 aromatic carbocycles. The average molecular weight is 453 g/mol. The Balaban J connectivity index is 0.00000420. The minimum absolute atomic E-state index is 0. The van der Waals surface area contributed by atoms with Gasteiger partial charge in [-0.1, -0.05) is 24.3 Å². The largest absolute Gasteiger partial charge is 0.493 e. The number of rotatable bonds is 13. The molecule has 2 rings (SSSR count). The van der Waals surface area contributed by atoms with Gasteiger partial charge in [0.2, 0.25) is 0 Å². The lowest BCUT2D eigenvalue weighted by molar-refractivity contribution is 0.310. The molecule has 30 heavy (non-hydrogen) atoms. The fourth-order valence-electron chi connectivity index (χ4n) is 2.96. The number of hydrogen-bond acceptors (Lipinski definition) is 4. The summed E-state index contributed by atoms with van der Waals surface area (Å²) in [5, 5.41) is 0. The second-order valence-corrected chi connectivity index (χ2v) is 6.62. The van der Waals surface area contributed by atoms with Gasteiger partial charge in [0.25, 0.3) is 0 Å². The van der Waals surface area contributed by atoms with Gasteiger partial charge in [0.15, 0.2) is 0 Å². The van der Waals surface area contributed by atoms with Gasteiger partial charge < -0.3 is 20.9 Å². The van der Waals surface area contributed by atoms with Crippen molar-refractivity contribution in [1.82, 2.24) is 0 Å². The molecule has 0 fully saturated rings. The van der Waals surface area contributed by atoms with Crippen molar-refractivity contribution >= 4 is 24.8 Å². The topological polar surface area (TPSA) is 70.5 Å². The van der Waals surface area contributed by atoms with Crippen molar-refractivity contribution in [2.45, 2.75) is 25.7 Å². The fourth-order valence-corrected chi connectivity index (χ4v) is 2.96. The van der Waals surface area contributed by atoms with Crippen LogP contribution in [0.15, 0.2) is 61.7 Å². The van der Waals surface area contributed by atoms with Crippen LogP contribution in [0.3, 0.4) is 0 Å². The predicted octanol–water partition coefficient (Wildman–Crippen LogP) is 5.11. The molecule has 0 saturated carbocycles. The molecule has 0 atom stereocenters. The van der Waals surface area contributed by atoms with E-state index in [0.29, 0.717) is 26.3 Å². The Hall–Kier alpha value is -1.98. The van der Waals surface area contributed by atoms with Crippen molar-refractivity contribution < 1.29 is 9.47 Å². The Morgan fingerprint density at radius 1 is 0.767 bits per heavy atom. The molecule has 0 unspecified atom stereocenters. The molecule has 0 aliphatic rings. The summed E-state index contributed by atoms with van der Waals surface area (Å²) >= 11 is 0. The van der Waals surface area contributed by atoms with E-state index in [1.54, 1.807) is 0 Å². The fraction of sp³-hybridized carbons (Fsp3) is 0.333. The Morgan fingerprint density at radius 2 is 1.37 bits per heavy atom. The van der Waals surface area contributed by atoms with E-state index >= 15 is 0 Å². The number of benzene rings is 2. The maximum Gasteiger partial charge on any atom is 0.127 e. The summed E-state index contributed by atoms with van der Waals surface area (Å²) in [4.78, 5) is 0. The van der Waals surface area contributed by atoms with Gasteiger partial charge in [-0.25, -0.2) is 0 Å². The molecule has 4 nitrogen and oxygen atoms in total. The molecule has 0 aliphatic heterocycles. The normalized spacial score (nSPS) is 9.80. The molecule has 0 aromatic heterocycles. The van der Waals surface area contributed by atoms with Gasteiger partial charge in [-0.2, -0.15) is 0 Å². The van der Waals surface area contributed by atoms with Crippen LogP contribution in [0.2, 0.25) is 0 Å². The van der Waals surface area contributed by atoms with Gasteiger partial charge >= 0.3 is 0 Å². The standard InChI is InChI=1S/C24H32N2O2.2ClH/c1-3-7-19-9-11-24(28-16-6-14-26)22(17-19)20-10-12-23(27-15-5-13-25)21(18-20)8-4-2;;/h3-4,9-12,17-18H,1-2,5-8,13-16,25-26H2;2*1H. The van der Waals surface area contributed by atoms with E-state index < -0.39 is 0 Å². The molecule has 2 aromatic rings. The van der Waals surface area contributed by atoms with Crippen molar-refractivity contribution in [3.05, 3.63) is 72.8 Å². The summed E-state index contributed by atoms with van der Waals surface area (Å²) in [5.74, 6) is 1.74. The summed E-state index contributed by atoms with van der Waals surface area (Å²) in [6.45, 7) is 10.2. The molecular formula is C24H34Cl2N2O2. The van der Waals surface area contributed by atoms with Crippen molar-refractivity contribution in [3.63, 3.8) is 0 Å². The molecule has 0 bridgehead atoms. The second kappa shape index (κ2) is 15.8. The third kappa shape index (κ3) is 8.41. The third-order valence-corrected chi connectivity index (χ3v) is 4.37. The number of nitrogens with two attached hydrogens (primary N) is 2. The second-order valence-electron chi connectivity index (χ2n) is 6.62. The van der Waals surface area contributed by atoms with Crippen LogP contribution in [-0.2, 0) is 12.8 Å². The molecule has 166 valence electrons. The highest BCUT2D eigenvalue weighted by Gasteiger charge is 2.11. The number of allylic oxidation sites excluding steroid dienone is 2. The minimum Gasteiger partial charge on any atom is -0.493 e. The summed E-state index contributed by atoms with van der Waals surface area (Å²) in [6.07, 6.45) is 7.01. The monoisotopic (exact) mass is 452 g/mol. The smallest absolute Gasteiger partial charge is 0.127 e. The van der Waals surface area contributed by atoms with Crippen molar-refractivity contribution in [2.24, 2.45) is 11.5 Å². The van der Waals surface area contributed by atoms with Crippen LogP contribution < -0.4 is 20.9 Å². The molecule has 4 N–H and O–H groups in total. The quantitative estimate of drug-likeness (QED) is 0.327. The first-order valence-corrected chi connectivity index (χ1v) is 9.87. The Bertz CT molecular complexity index is 782. The van der Waals surface area contributed by atoms with E-state index in [1.807, 2.05) is 24.3 Å². The van der Waals surface area contributed by atoms with Crippen molar-refractivity contribution in [3.8, 4) is 22.6 Å². The van der Waals surface area contributed by atoms with Crippen molar-refractivity contribution in [1.29, 1.82) is 0 Å². The predicted molar refractivity (Wildman–Crippen MR) is 133 cm³/mol. The molecule has 0 radical (unpaired) electrons. The molecule has 0 heterocycles. The van der Waals surface area contributed by atoms with Gasteiger partial charge in [0, 0.05) is 5.56 Å². The van der Waals surface area contributed by atoms with E-state index in [-0.39, 0.29) is 24.8 Å². The van der Waals surface area contributed by atoms with Gasteiger partial charge in [-0.3, -0.25) is 0 Å². The van der Waals surface area contributed by atoms with Crippen LogP contribution in [0.25, 0.3) is 11.1 Å². The minimum atomic E-state index is 0. The van der Waals surface area contributed by atoms with E-state index in [9.17, 15) is 0 Å². The summed E-state index contributed by atoms with van der Waals surface area (Å²) in [5.41, 5.74) is 15.6. The summed E-state index contributed by atoms with van der Waals surface area (Å²) < 4.78 is 11.9. The van der Waals surface area contributed by atoms with Crippen LogP contribution in [0.5, 0.6) is 11.5 Å². The first kappa shape index (κ1) is 28.0. The maximum absolute atomic E-state index is 6.00. The zero-order chi connectivity index (χ0) is 20.2. The van der Waals surface area contributed by atoms with Gasteiger partial charge in [-0.05, 0) is 79.7 Å². The molecule has 0 amide bonds. The van der Waals surface area contributed by atoms with Gasteiger partial charge in [0.05, 0.1) is 13.2 Å². The van der Waals surface area contributed by atoms with Crippen LogP contribution in [0, 0.1) is 0 Å². The highest BCUT2D eigenvalue weighted by atomic mass is 35.5.